The van der Waals surface area contributed by atoms with Crippen LogP contribution in [0.3, 0.4) is 0 Å². The maximum absolute atomic E-state index is 12.5. The van der Waals surface area contributed by atoms with Gasteiger partial charge in [0.05, 0.1) is 0 Å². The minimum Gasteiger partial charge on any atom is -0.337 e. The van der Waals surface area contributed by atoms with Crippen molar-refractivity contribution in [2.75, 3.05) is 13.1 Å². The second-order valence-corrected chi connectivity index (χ2v) is 5.21. The van der Waals surface area contributed by atoms with Crippen molar-refractivity contribution in [3.05, 3.63) is 35.7 Å². The Bertz CT molecular complexity index is 688. The summed E-state index contributed by atoms with van der Waals surface area (Å²) in [5, 5.41) is 3.32. The van der Waals surface area contributed by atoms with E-state index in [1.54, 1.807) is 29.2 Å². The summed E-state index contributed by atoms with van der Waals surface area (Å²) in [5.74, 6) is -1.65. The van der Waals surface area contributed by atoms with Gasteiger partial charge in [-0.05, 0) is 17.3 Å². The lowest BCUT2D eigenvalue weighted by atomic mass is 10.1. The molecule has 1 aromatic carbocycles. The molecule has 0 atom stereocenters. The monoisotopic (exact) mass is 362 g/mol. The van der Waals surface area contributed by atoms with Gasteiger partial charge < -0.3 is 9.42 Å². The number of nitrogens with zero attached hydrogens (tertiary/aromatic N) is 3. The third-order valence-electron chi connectivity index (χ3n) is 3.18. The zero-order valence-electron chi connectivity index (χ0n) is 12.6. The summed E-state index contributed by atoms with van der Waals surface area (Å²) in [4.78, 5) is 18.9. The molecule has 0 bridgehead atoms. The maximum Gasteiger partial charge on any atom is 0.471 e. The molecule has 0 spiro atoms. The van der Waals surface area contributed by atoms with Gasteiger partial charge in [-0.15, -0.1) is 0 Å². The Kier molecular flexibility index (Phi) is 5.79. The van der Waals surface area contributed by atoms with E-state index < -0.39 is 12.1 Å². The first-order valence-corrected chi connectivity index (χ1v) is 7.28. The lowest BCUT2D eigenvalue weighted by Gasteiger charge is -2.20. The molecule has 0 saturated heterocycles. The topological polar surface area (TPSA) is 71.3 Å². The number of carbonyl (C=O) groups excluding carboxylic acids is 1. The van der Waals surface area contributed by atoms with E-state index in [9.17, 15) is 18.0 Å². The van der Waals surface area contributed by atoms with Crippen LogP contribution in [0.15, 0.2) is 28.8 Å². The molecule has 130 valence electrons. The molecule has 1 amide bonds. The van der Waals surface area contributed by atoms with Crippen LogP contribution in [-0.2, 0) is 17.5 Å². The van der Waals surface area contributed by atoms with Crippen LogP contribution in [-0.4, -0.2) is 34.0 Å². The molecule has 0 radical (unpaired) electrons. The predicted molar refractivity (Wildman–Crippen MR) is 79.7 cm³/mol. The van der Waals surface area contributed by atoms with Crippen LogP contribution < -0.4 is 4.84 Å². The first kappa shape index (κ1) is 18.2. The van der Waals surface area contributed by atoms with Gasteiger partial charge in [0.1, 0.15) is 0 Å². The number of amides is 1. The first-order valence-electron chi connectivity index (χ1n) is 6.90. The largest absolute Gasteiger partial charge is 0.471 e. The smallest absolute Gasteiger partial charge is 0.337 e. The van der Waals surface area contributed by atoms with Crippen LogP contribution in [0, 0.1) is 0 Å². The van der Waals surface area contributed by atoms with Gasteiger partial charge in [0, 0.05) is 32.1 Å². The van der Waals surface area contributed by atoms with E-state index in [-0.39, 0.29) is 11.7 Å². The molecule has 10 heteroatoms. The van der Waals surface area contributed by atoms with Gasteiger partial charge in [0.25, 0.3) is 0 Å². The van der Waals surface area contributed by atoms with Crippen LogP contribution in [0.5, 0.6) is 0 Å². The third kappa shape index (κ3) is 4.68. The fraction of sp³-hybridized carbons (Fsp3) is 0.357. The van der Waals surface area contributed by atoms with Crippen molar-refractivity contribution in [2.45, 2.75) is 19.6 Å². The number of aromatic nitrogens is 2. The highest BCUT2D eigenvalue weighted by molar-refractivity contribution is 6.13. The summed E-state index contributed by atoms with van der Waals surface area (Å²) >= 11 is 5.39. The van der Waals surface area contributed by atoms with Crippen molar-refractivity contribution in [1.82, 2.24) is 19.9 Å². The lowest BCUT2D eigenvalue weighted by Crippen LogP contribution is -2.33. The average Bonchev–Trinajstić information content (AvgIpc) is 3.02. The minimum atomic E-state index is -4.68. The highest BCUT2D eigenvalue weighted by atomic mass is 35.5. The van der Waals surface area contributed by atoms with Gasteiger partial charge in [-0.3, -0.25) is 4.79 Å². The second-order valence-electron chi connectivity index (χ2n) is 4.94. The van der Waals surface area contributed by atoms with Gasteiger partial charge in [0.2, 0.25) is 11.7 Å². The number of benzene rings is 1. The van der Waals surface area contributed by atoms with E-state index >= 15 is 0 Å². The van der Waals surface area contributed by atoms with Crippen LogP contribution in [0.25, 0.3) is 11.4 Å². The molecule has 0 unspecified atom stereocenters. The van der Waals surface area contributed by atoms with E-state index in [0.717, 1.165) is 5.56 Å². The number of halogens is 4. The van der Waals surface area contributed by atoms with E-state index in [0.29, 0.717) is 25.2 Å². The van der Waals surface area contributed by atoms with Crippen molar-refractivity contribution in [2.24, 2.45) is 0 Å². The first-order chi connectivity index (χ1) is 11.3. The normalized spacial score (nSPS) is 11.5. The molecule has 0 saturated carbocycles. The summed E-state index contributed by atoms with van der Waals surface area (Å²) in [6, 6.07) is 6.50. The van der Waals surface area contributed by atoms with Gasteiger partial charge in [-0.2, -0.15) is 18.2 Å². The highest BCUT2D eigenvalue weighted by Gasteiger charge is 2.38. The molecule has 2 aromatic rings. The molecule has 0 aliphatic carbocycles. The molecule has 1 aromatic heterocycles. The summed E-state index contributed by atoms with van der Waals surface area (Å²) in [5.41, 5.74) is 1.19. The average molecular weight is 363 g/mol. The number of hydrogen-bond acceptors (Lipinski definition) is 5. The number of carbonyl (C=O) groups is 1. The molecule has 0 fully saturated rings. The van der Waals surface area contributed by atoms with Gasteiger partial charge in [-0.1, -0.05) is 29.4 Å². The van der Waals surface area contributed by atoms with Gasteiger partial charge in [-0.25, -0.2) is 4.84 Å². The molecule has 0 aliphatic rings. The van der Waals surface area contributed by atoms with Crippen molar-refractivity contribution in [3.8, 4) is 11.4 Å². The molecule has 2 rings (SSSR count). The number of hydrogen-bond donors (Lipinski definition) is 1. The van der Waals surface area contributed by atoms with Crippen molar-refractivity contribution < 1.29 is 22.5 Å². The molecular weight excluding hydrogens is 349 g/mol. The lowest BCUT2D eigenvalue weighted by molar-refractivity contribution is -0.159. The van der Waals surface area contributed by atoms with E-state index in [2.05, 4.69) is 19.5 Å². The SMILES string of the molecule is CC(=O)N(CCNCl)Cc1ccc(-c2noc(C(F)(F)F)n2)cc1. The Labute approximate surface area is 140 Å². The quantitative estimate of drug-likeness (QED) is 0.800. The molecule has 6 nitrogen and oxygen atoms in total. The number of alkyl halides is 3. The summed E-state index contributed by atoms with van der Waals surface area (Å²) in [6.45, 7) is 2.66. The molecule has 0 aliphatic heterocycles. The van der Waals surface area contributed by atoms with Crippen LogP contribution >= 0.6 is 11.8 Å². The van der Waals surface area contributed by atoms with E-state index in [1.165, 1.54) is 6.92 Å². The standard InChI is InChI=1S/C14H14ClF3N4O2/c1-9(23)22(7-6-19-15)8-10-2-4-11(5-3-10)12-20-13(24-21-12)14(16,17)18/h2-5,19H,6-8H2,1H3. The number of rotatable bonds is 6. The second kappa shape index (κ2) is 7.63. The zero-order chi connectivity index (χ0) is 17.7. The Morgan fingerprint density at radius 2 is 2.00 bits per heavy atom. The minimum absolute atomic E-state index is 0.112. The maximum atomic E-state index is 12.5. The Morgan fingerprint density at radius 1 is 1.33 bits per heavy atom. The summed E-state index contributed by atoms with van der Waals surface area (Å²) in [7, 11) is 0. The predicted octanol–water partition coefficient (Wildman–Crippen LogP) is 2.85. The molecule has 24 heavy (non-hydrogen) atoms. The van der Waals surface area contributed by atoms with Crippen molar-refractivity contribution >= 4 is 17.7 Å². The Morgan fingerprint density at radius 3 is 2.50 bits per heavy atom. The van der Waals surface area contributed by atoms with Gasteiger partial charge in [0.15, 0.2) is 0 Å². The van der Waals surface area contributed by atoms with E-state index in [4.69, 9.17) is 11.8 Å². The summed E-state index contributed by atoms with van der Waals surface area (Å²) < 4.78 is 41.6. The fourth-order valence-corrected chi connectivity index (χ4v) is 2.05. The van der Waals surface area contributed by atoms with Crippen molar-refractivity contribution in [3.63, 3.8) is 0 Å². The zero-order valence-corrected chi connectivity index (χ0v) is 13.4. The summed E-state index contributed by atoms with van der Waals surface area (Å²) in [6.07, 6.45) is -4.68. The van der Waals surface area contributed by atoms with Crippen molar-refractivity contribution in [1.29, 1.82) is 0 Å². The molecule has 1 N–H and O–H groups in total. The van der Waals surface area contributed by atoms with Crippen LogP contribution in [0.4, 0.5) is 13.2 Å². The highest BCUT2D eigenvalue weighted by Crippen LogP contribution is 2.29. The van der Waals surface area contributed by atoms with Crippen LogP contribution in [0.1, 0.15) is 18.4 Å². The van der Waals surface area contributed by atoms with Crippen LogP contribution in [0.2, 0.25) is 0 Å². The Hall–Kier alpha value is -2.13. The third-order valence-corrected chi connectivity index (χ3v) is 3.36. The molecule has 1 heterocycles. The Balaban J connectivity index is 2.10. The molecular formula is C14H14ClF3N4O2. The fourth-order valence-electron chi connectivity index (χ4n) is 1.96. The van der Waals surface area contributed by atoms with Gasteiger partial charge >= 0.3 is 12.1 Å². The number of nitrogens with one attached hydrogen (secondary N) is 1. The van der Waals surface area contributed by atoms with E-state index in [1.807, 2.05) is 0 Å².